The van der Waals surface area contributed by atoms with Crippen molar-refractivity contribution in [3.05, 3.63) is 48.3 Å². The third kappa shape index (κ3) is 6.06. The Hall–Kier alpha value is -3.66. The number of aromatic nitrogens is 1. The second-order valence-electron chi connectivity index (χ2n) is 10.8. The number of likely N-dealkylation sites (tertiary alicyclic amines) is 2. The Kier molecular flexibility index (Phi) is 8.84. The molecule has 3 atom stereocenters. The van der Waals surface area contributed by atoms with Gasteiger partial charge in [-0.3, -0.25) is 24.3 Å². The van der Waals surface area contributed by atoms with Gasteiger partial charge in [-0.05, 0) is 55.5 Å². The van der Waals surface area contributed by atoms with Crippen molar-refractivity contribution in [3.63, 3.8) is 0 Å². The van der Waals surface area contributed by atoms with Crippen LogP contribution in [0.15, 0.2) is 42.7 Å². The standard InChI is InChI=1S/C30H38N4O6/c1-2-3-14-34(22-7-6-12-31-17-22)28(36)19-33-18-23(21-9-10-25-26(16-21)40-20-39-25)29(30(37)38)24(33)11-15-32-13-5-4-8-27(32)35/h6-7,9-10,12,16-17,23-24,29H,2-5,8,11,13-15,18-20H2,1H3,(H,37,38)/t23-,24+,29-/m1/s1. The molecule has 10 heteroatoms. The maximum atomic E-state index is 13.8. The Morgan fingerprint density at radius 1 is 1.18 bits per heavy atom. The summed E-state index contributed by atoms with van der Waals surface area (Å²) in [5, 5.41) is 10.5. The summed E-state index contributed by atoms with van der Waals surface area (Å²) in [4.78, 5) is 48.9. The van der Waals surface area contributed by atoms with Crippen molar-refractivity contribution >= 4 is 23.5 Å². The highest BCUT2D eigenvalue weighted by Crippen LogP contribution is 2.43. The van der Waals surface area contributed by atoms with Gasteiger partial charge in [-0.25, -0.2) is 0 Å². The first-order valence-corrected chi connectivity index (χ1v) is 14.3. The van der Waals surface area contributed by atoms with Gasteiger partial charge >= 0.3 is 5.97 Å². The molecule has 0 saturated carbocycles. The summed E-state index contributed by atoms with van der Waals surface area (Å²) in [5.41, 5.74) is 1.58. The molecule has 5 rings (SSSR count). The zero-order valence-corrected chi connectivity index (χ0v) is 23.0. The summed E-state index contributed by atoms with van der Waals surface area (Å²) >= 11 is 0. The van der Waals surface area contributed by atoms with Gasteiger partial charge in [0.15, 0.2) is 11.5 Å². The maximum Gasteiger partial charge on any atom is 0.308 e. The number of benzene rings is 1. The van der Waals surface area contributed by atoms with E-state index in [0.717, 1.165) is 36.9 Å². The summed E-state index contributed by atoms with van der Waals surface area (Å²) < 4.78 is 11.0. The summed E-state index contributed by atoms with van der Waals surface area (Å²) in [5.74, 6) is -0.704. The van der Waals surface area contributed by atoms with Gasteiger partial charge in [0.1, 0.15) is 0 Å². The third-order valence-corrected chi connectivity index (χ3v) is 8.31. The van der Waals surface area contributed by atoms with Crippen molar-refractivity contribution in [2.75, 3.05) is 44.4 Å². The second-order valence-corrected chi connectivity index (χ2v) is 10.8. The Morgan fingerprint density at radius 2 is 2.02 bits per heavy atom. The lowest BCUT2D eigenvalue weighted by Gasteiger charge is -2.32. The van der Waals surface area contributed by atoms with Crippen LogP contribution in [0, 0.1) is 5.92 Å². The Balaban J connectivity index is 1.42. The minimum atomic E-state index is -0.900. The number of amides is 2. The largest absolute Gasteiger partial charge is 0.481 e. The number of hydrogen-bond donors (Lipinski definition) is 1. The smallest absolute Gasteiger partial charge is 0.308 e. The topological polar surface area (TPSA) is 113 Å². The molecule has 0 bridgehead atoms. The molecular formula is C30H38N4O6. The number of aliphatic carboxylic acids is 1. The van der Waals surface area contributed by atoms with Crippen molar-refractivity contribution in [1.29, 1.82) is 0 Å². The van der Waals surface area contributed by atoms with Gasteiger partial charge in [0, 0.05) is 50.8 Å². The number of nitrogens with zero attached hydrogens (tertiary/aromatic N) is 4. The SMILES string of the molecule is CCCCN(C(=O)CN1C[C@H](c2ccc3c(c2)OCO3)[C@@H](C(=O)O)[C@@H]1CCN1CCCCC1=O)c1cccnc1. The van der Waals surface area contributed by atoms with E-state index in [9.17, 15) is 19.5 Å². The molecule has 1 N–H and O–H groups in total. The van der Waals surface area contributed by atoms with Gasteiger partial charge < -0.3 is 24.4 Å². The predicted octanol–water partition coefficient (Wildman–Crippen LogP) is 3.51. The van der Waals surface area contributed by atoms with Crippen molar-refractivity contribution in [2.24, 2.45) is 5.92 Å². The van der Waals surface area contributed by atoms with Crippen LogP contribution in [0.3, 0.4) is 0 Å². The Morgan fingerprint density at radius 3 is 2.77 bits per heavy atom. The monoisotopic (exact) mass is 550 g/mol. The number of anilines is 1. The summed E-state index contributed by atoms with van der Waals surface area (Å²) in [6.45, 7) is 4.46. The van der Waals surface area contributed by atoms with Crippen LogP contribution in [0.4, 0.5) is 5.69 Å². The van der Waals surface area contributed by atoms with E-state index in [1.807, 2.05) is 40.1 Å². The van der Waals surface area contributed by atoms with Crippen molar-refractivity contribution in [1.82, 2.24) is 14.8 Å². The second kappa shape index (κ2) is 12.7. The number of carboxylic acids is 1. The van der Waals surface area contributed by atoms with Gasteiger partial charge in [-0.15, -0.1) is 0 Å². The quantitative estimate of drug-likeness (QED) is 0.452. The normalized spacial score (nSPS) is 22.5. The van der Waals surface area contributed by atoms with Crippen molar-refractivity contribution in [3.8, 4) is 11.5 Å². The highest BCUT2D eigenvalue weighted by Gasteiger charge is 2.47. The van der Waals surface area contributed by atoms with Crippen LogP contribution in [0.1, 0.15) is 56.9 Å². The lowest BCUT2D eigenvalue weighted by atomic mass is 9.84. The van der Waals surface area contributed by atoms with Crippen LogP contribution in [0.2, 0.25) is 0 Å². The number of carbonyl (C=O) groups excluding carboxylic acids is 2. The van der Waals surface area contributed by atoms with Crippen LogP contribution in [-0.4, -0.2) is 83.2 Å². The number of rotatable bonds is 11. The fraction of sp³-hybridized carbons (Fsp3) is 0.533. The first-order valence-electron chi connectivity index (χ1n) is 14.3. The number of fused-ring (bicyclic) bond motifs is 1. The summed E-state index contributed by atoms with van der Waals surface area (Å²) in [6, 6.07) is 8.86. The average Bonchev–Trinajstić information content (AvgIpc) is 3.57. The number of unbranched alkanes of at least 4 members (excludes halogenated alkanes) is 1. The molecule has 4 heterocycles. The molecule has 1 aromatic heterocycles. The van der Waals surface area contributed by atoms with E-state index in [4.69, 9.17) is 9.47 Å². The van der Waals surface area contributed by atoms with E-state index in [2.05, 4.69) is 11.9 Å². The number of ether oxygens (including phenoxy) is 2. The molecule has 10 nitrogen and oxygen atoms in total. The molecule has 0 unspecified atom stereocenters. The summed E-state index contributed by atoms with van der Waals surface area (Å²) in [7, 11) is 0. The third-order valence-electron chi connectivity index (χ3n) is 8.31. The van der Waals surface area contributed by atoms with Gasteiger partial charge in [0.25, 0.3) is 0 Å². The van der Waals surface area contributed by atoms with Crippen molar-refractivity contribution < 1.29 is 29.0 Å². The van der Waals surface area contributed by atoms with Crippen LogP contribution in [-0.2, 0) is 14.4 Å². The van der Waals surface area contributed by atoms with Crippen molar-refractivity contribution in [2.45, 2.75) is 57.4 Å². The van der Waals surface area contributed by atoms with Gasteiger partial charge in [-0.1, -0.05) is 19.4 Å². The average molecular weight is 551 g/mol. The lowest BCUT2D eigenvalue weighted by Crippen LogP contribution is -2.46. The molecular weight excluding hydrogens is 512 g/mol. The first kappa shape index (κ1) is 27.9. The molecule has 0 aliphatic carbocycles. The minimum Gasteiger partial charge on any atom is -0.481 e. The van der Waals surface area contributed by atoms with Crippen LogP contribution >= 0.6 is 0 Å². The van der Waals surface area contributed by atoms with Gasteiger partial charge in [-0.2, -0.15) is 0 Å². The number of carbonyl (C=O) groups is 3. The molecule has 2 saturated heterocycles. The zero-order valence-electron chi connectivity index (χ0n) is 23.0. The fourth-order valence-electron chi connectivity index (χ4n) is 6.21. The molecule has 2 aromatic rings. The van der Waals surface area contributed by atoms with E-state index in [-0.39, 0.29) is 31.1 Å². The molecule has 214 valence electrons. The Bertz CT molecular complexity index is 1210. The first-order chi connectivity index (χ1) is 19.5. The zero-order chi connectivity index (χ0) is 28.1. The molecule has 2 fully saturated rings. The predicted molar refractivity (Wildman–Crippen MR) is 148 cm³/mol. The number of piperidine rings is 1. The number of pyridine rings is 1. The highest BCUT2D eigenvalue weighted by molar-refractivity contribution is 5.94. The highest BCUT2D eigenvalue weighted by atomic mass is 16.7. The Labute approximate surface area is 234 Å². The minimum absolute atomic E-state index is 0.0854. The van der Waals surface area contributed by atoms with E-state index in [0.29, 0.717) is 50.5 Å². The molecule has 3 aliphatic rings. The number of carboxylic acid groups (broad SMARTS) is 1. The summed E-state index contributed by atoms with van der Waals surface area (Å²) in [6.07, 6.45) is 8.02. The van der Waals surface area contributed by atoms with Crippen LogP contribution in [0.5, 0.6) is 11.5 Å². The lowest BCUT2D eigenvalue weighted by molar-refractivity contribution is -0.143. The van der Waals surface area contributed by atoms with E-state index in [1.165, 1.54) is 0 Å². The maximum absolute atomic E-state index is 13.8. The van der Waals surface area contributed by atoms with Gasteiger partial charge in [0.05, 0.1) is 24.3 Å². The van der Waals surface area contributed by atoms with Crippen LogP contribution < -0.4 is 14.4 Å². The van der Waals surface area contributed by atoms with E-state index in [1.54, 1.807) is 17.3 Å². The fourth-order valence-corrected chi connectivity index (χ4v) is 6.21. The molecule has 2 amide bonds. The molecule has 1 aromatic carbocycles. The molecule has 40 heavy (non-hydrogen) atoms. The van der Waals surface area contributed by atoms with Crippen LogP contribution in [0.25, 0.3) is 0 Å². The molecule has 0 spiro atoms. The number of hydrogen-bond acceptors (Lipinski definition) is 7. The van der Waals surface area contributed by atoms with Gasteiger partial charge in [0.2, 0.25) is 18.6 Å². The molecule has 0 radical (unpaired) electrons. The van der Waals surface area contributed by atoms with E-state index >= 15 is 0 Å². The molecule has 3 aliphatic heterocycles. The van der Waals surface area contributed by atoms with E-state index < -0.39 is 17.9 Å².